The van der Waals surface area contributed by atoms with Crippen LogP contribution in [0.4, 0.5) is 10.1 Å². The Morgan fingerprint density at radius 1 is 1.17 bits per heavy atom. The molecule has 2 aromatic carbocycles. The summed E-state index contributed by atoms with van der Waals surface area (Å²) < 4.78 is 18.3. The first-order valence-electron chi connectivity index (χ1n) is 7.45. The highest BCUT2D eigenvalue weighted by molar-refractivity contribution is 5.93. The van der Waals surface area contributed by atoms with Gasteiger partial charge in [0, 0.05) is 13.0 Å². The second-order valence-corrected chi connectivity index (χ2v) is 5.26. The molecule has 0 aliphatic rings. The molecule has 0 bridgehead atoms. The Kier molecular flexibility index (Phi) is 5.89. The third-order valence-corrected chi connectivity index (χ3v) is 3.41. The van der Waals surface area contributed by atoms with Crippen molar-refractivity contribution in [3.05, 3.63) is 59.9 Å². The maximum atomic E-state index is 13.2. The number of rotatable bonds is 6. The Bertz CT molecular complexity index is 719. The molecule has 2 amide bonds. The molecule has 5 nitrogen and oxygen atoms in total. The van der Waals surface area contributed by atoms with Crippen LogP contribution in [0.1, 0.15) is 24.9 Å². The average Bonchev–Trinajstić information content (AvgIpc) is 2.56. The average molecular weight is 330 g/mol. The van der Waals surface area contributed by atoms with E-state index in [1.165, 1.54) is 32.2 Å². The van der Waals surface area contributed by atoms with E-state index in [2.05, 4.69) is 10.6 Å². The zero-order valence-electron chi connectivity index (χ0n) is 13.5. The molecule has 1 atom stereocenters. The van der Waals surface area contributed by atoms with Crippen LogP contribution in [0.5, 0.6) is 5.75 Å². The van der Waals surface area contributed by atoms with Crippen LogP contribution in [0, 0.1) is 5.82 Å². The van der Waals surface area contributed by atoms with Gasteiger partial charge in [0.05, 0.1) is 25.3 Å². The molecule has 2 aromatic rings. The first-order chi connectivity index (χ1) is 11.5. The van der Waals surface area contributed by atoms with Crippen molar-refractivity contribution >= 4 is 17.5 Å². The topological polar surface area (TPSA) is 67.4 Å². The van der Waals surface area contributed by atoms with E-state index in [1.807, 2.05) is 30.3 Å². The Morgan fingerprint density at radius 2 is 1.88 bits per heavy atom. The van der Waals surface area contributed by atoms with E-state index in [0.29, 0.717) is 5.69 Å². The van der Waals surface area contributed by atoms with Crippen LogP contribution >= 0.6 is 0 Å². The van der Waals surface area contributed by atoms with Crippen LogP contribution in [0.2, 0.25) is 0 Å². The molecule has 126 valence electrons. The molecule has 0 fully saturated rings. The fraction of sp³-hybridized carbons (Fsp3) is 0.222. The van der Waals surface area contributed by atoms with Crippen molar-refractivity contribution in [1.29, 1.82) is 0 Å². The fourth-order valence-electron chi connectivity index (χ4n) is 2.34. The van der Waals surface area contributed by atoms with Crippen molar-refractivity contribution in [3.63, 3.8) is 0 Å². The van der Waals surface area contributed by atoms with Gasteiger partial charge in [-0.25, -0.2) is 4.39 Å². The van der Waals surface area contributed by atoms with Gasteiger partial charge in [0.2, 0.25) is 11.8 Å². The van der Waals surface area contributed by atoms with Gasteiger partial charge in [-0.15, -0.1) is 0 Å². The summed E-state index contributed by atoms with van der Waals surface area (Å²) in [6, 6.07) is 12.6. The summed E-state index contributed by atoms with van der Waals surface area (Å²) in [5, 5.41) is 5.44. The zero-order valence-corrected chi connectivity index (χ0v) is 13.5. The van der Waals surface area contributed by atoms with Crippen molar-refractivity contribution in [3.8, 4) is 5.75 Å². The highest BCUT2D eigenvalue weighted by Gasteiger charge is 2.18. The van der Waals surface area contributed by atoms with Crippen LogP contribution in [-0.2, 0) is 9.59 Å². The predicted molar refractivity (Wildman–Crippen MR) is 89.2 cm³/mol. The molecule has 0 saturated carbocycles. The Labute approximate surface area is 139 Å². The summed E-state index contributed by atoms with van der Waals surface area (Å²) in [5.74, 6) is -0.761. The number of ether oxygens (including phenoxy) is 1. The van der Waals surface area contributed by atoms with Crippen LogP contribution in [-0.4, -0.2) is 18.9 Å². The molecule has 0 aliphatic heterocycles. The van der Waals surface area contributed by atoms with E-state index in [1.54, 1.807) is 0 Å². The summed E-state index contributed by atoms with van der Waals surface area (Å²) in [7, 11) is 1.40. The summed E-state index contributed by atoms with van der Waals surface area (Å²) in [6.45, 7) is 1.40. The maximum Gasteiger partial charge on any atom is 0.226 e. The van der Waals surface area contributed by atoms with E-state index >= 15 is 0 Å². The van der Waals surface area contributed by atoms with Gasteiger partial charge in [0.15, 0.2) is 0 Å². The van der Waals surface area contributed by atoms with Gasteiger partial charge in [-0.05, 0) is 17.7 Å². The third-order valence-electron chi connectivity index (χ3n) is 3.41. The van der Waals surface area contributed by atoms with Gasteiger partial charge >= 0.3 is 0 Å². The standard InChI is InChI=1S/C18H19FN2O3/c1-12(22)20-16(13-6-4-3-5-7-13)11-18(23)21-15-9-8-14(19)10-17(15)24-2/h3-10,16H,11H2,1-2H3,(H,20,22)(H,21,23)/t16-/m1/s1. The van der Waals surface area contributed by atoms with Crippen molar-refractivity contribution in [2.45, 2.75) is 19.4 Å². The Balaban J connectivity index is 2.12. The molecule has 24 heavy (non-hydrogen) atoms. The molecule has 0 heterocycles. The lowest BCUT2D eigenvalue weighted by Gasteiger charge is -2.18. The number of hydrogen-bond acceptors (Lipinski definition) is 3. The lowest BCUT2D eigenvalue weighted by Crippen LogP contribution is -2.29. The van der Waals surface area contributed by atoms with E-state index in [4.69, 9.17) is 4.74 Å². The number of methoxy groups -OCH3 is 1. The normalized spacial score (nSPS) is 11.5. The Morgan fingerprint density at radius 3 is 2.50 bits per heavy atom. The van der Waals surface area contributed by atoms with Gasteiger partial charge in [-0.1, -0.05) is 30.3 Å². The highest BCUT2D eigenvalue weighted by atomic mass is 19.1. The lowest BCUT2D eigenvalue weighted by atomic mass is 10.0. The van der Waals surface area contributed by atoms with Crippen molar-refractivity contribution in [2.24, 2.45) is 0 Å². The quantitative estimate of drug-likeness (QED) is 0.855. The number of nitrogens with one attached hydrogen (secondary N) is 2. The highest BCUT2D eigenvalue weighted by Crippen LogP contribution is 2.26. The van der Waals surface area contributed by atoms with E-state index in [-0.39, 0.29) is 24.0 Å². The molecular weight excluding hydrogens is 311 g/mol. The molecule has 0 aromatic heterocycles. The summed E-state index contributed by atoms with van der Waals surface area (Å²) in [6.07, 6.45) is 0.0458. The summed E-state index contributed by atoms with van der Waals surface area (Å²) in [4.78, 5) is 23.7. The number of carbonyl (C=O) groups excluding carboxylic acids is 2. The van der Waals surface area contributed by atoms with Crippen molar-refractivity contribution in [1.82, 2.24) is 5.32 Å². The first kappa shape index (κ1) is 17.5. The fourth-order valence-corrected chi connectivity index (χ4v) is 2.34. The van der Waals surface area contributed by atoms with Crippen LogP contribution in [0.15, 0.2) is 48.5 Å². The molecule has 0 spiro atoms. The third kappa shape index (κ3) is 4.81. The number of hydrogen-bond donors (Lipinski definition) is 2. The molecule has 2 rings (SSSR count). The van der Waals surface area contributed by atoms with Gasteiger partial charge in [0.1, 0.15) is 11.6 Å². The van der Waals surface area contributed by atoms with Crippen molar-refractivity contribution < 1.29 is 18.7 Å². The Hall–Kier alpha value is -2.89. The molecule has 2 N–H and O–H groups in total. The maximum absolute atomic E-state index is 13.2. The number of benzene rings is 2. The molecule has 0 saturated heterocycles. The molecule has 6 heteroatoms. The number of carbonyl (C=O) groups is 2. The summed E-state index contributed by atoms with van der Waals surface area (Å²) in [5.41, 5.74) is 1.20. The first-order valence-corrected chi connectivity index (χ1v) is 7.45. The molecule has 0 radical (unpaired) electrons. The van der Waals surface area contributed by atoms with Gasteiger partial charge in [0.25, 0.3) is 0 Å². The van der Waals surface area contributed by atoms with Gasteiger partial charge in [-0.3, -0.25) is 9.59 Å². The SMILES string of the molecule is COc1cc(F)ccc1NC(=O)C[C@@H](NC(C)=O)c1ccccc1. The number of amides is 2. The lowest BCUT2D eigenvalue weighted by molar-refractivity contribution is -0.120. The van der Waals surface area contributed by atoms with E-state index in [9.17, 15) is 14.0 Å². The molecule has 0 unspecified atom stereocenters. The summed E-state index contributed by atoms with van der Waals surface area (Å²) >= 11 is 0. The van der Waals surface area contributed by atoms with Crippen LogP contribution in [0.3, 0.4) is 0 Å². The minimum atomic E-state index is -0.453. The minimum Gasteiger partial charge on any atom is -0.494 e. The predicted octanol–water partition coefficient (Wildman–Crippen LogP) is 3.04. The van der Waals surface area contributed by atoms with Gasteiger partial charge in [-0.2, -0.15) is 0 Å². The van der Waals surface area contributed by atoms with E-state index in [0.717, 1.165) is 5.56 Å². The second kappa shape index (κ2) is 8.10. The number of halogens is 1. The molecule has 0 aliphatic carbocycles. The zero-order chi connectivity index (χ0) is 17.5. The van der Waals surface area contributed by atoms with Crippen molar-refractivity contribution in [2.75, 3.05) is 12.4 Å². The van der Waals surface area contributed by atoms with Crippen LogP contribution < -0.4 is 15.4 Å². The molecular formula is C18H19FN2O3. The van der Waals surface area contributed by atoms with E-state index < -0.39 is 11.9 Å². The largest absolute Gasteiger partial charge is 0.494 e. The number of anilines is 1. The van der Waals surface area contributed by atoms with Gasteiger partial charge < -0.3 is 15.4 Å². The monoisotopic (exact) mass is 330 g/mol. The minimum absolute atomic E-state index is 0.0458. The smallest absolute Gasteiger partial charge is 0.226 e. The second-order valence-electron chi connectivity index (χ2n) is 5.26. The van der Waals surface area contributed by atoms with Crippen LogP contribution in [0.25, 0.3) is 0 Å².